The second-order valence-corrected chi connectivity index (χ2v) is 23.1. The Morgan fingerprint density at radius 3 is 1.16 bits per heavy atom. The quantitative estimate of drug-likeness (QED) is 0.0254. The lowest BCUT2D eigenvalue weighted by molar-refractivity contribution is -0.133. The molecule has 3 saturated carbocycles. The Morgan fingerprint density at radius 2 is 0.775 bits per heavy atom. The minimum absolute atomic E-state index is 0.0326. The van der Waals surface area contributed by atoms with Gasteiger partial charge in [-0.15, -0.1) is 0 Å². The lowest BCUT2D eigenvalue weighted by Gasteiger charge is -2.18. The largest absolute Gasteiger partial charge is 0.399 e. The van der Waals surface area contributed by atoms with Crippen molar-refractivity contribution >= 4 is 41.1 Å². The third kappa shape index (κ3) is 14.7. The lowest BCUT2D eigenvalue weighted by Crippen LogP contribution is -2.43. The van der Waals surface area contributed by atoms with Crippen LogP contribution in [0.15, 0.2) is 140 Å². The van der Waals surface area contributed by atoms with Gasteiger partial charge in [-0.2, -0.15) is 0 Å². The van der Waals surface area contributed by atoms with Gasteiger partial charge in [0.05, 0.1) is 30.3 Å². The molecule has 0 radical (unpaired) electrons. The first-order valence-electron chi connectivity index (χ1n) is 29.5. The Hall–Kier alpha value is -7.32. The van der Waals surface area contributed by atoms with Crippen molar-refractivity contribution in [2.75, 3.05) is 45.1 Å². The fourth-order valence-corrected chi connectivity index (χ4v) is 12.2. The molecule has 2 heterocycles. The van der Waals surface area contributed by atoms with Gasteiger partial charge in [0, 0.05) is 92.0 Å². The molecule has 5 aliphatic rings. The topological polar surface area (TPSA) is 192 Å². The summed E-state index contributed by atoms with van der Waals surface area (Å²) >= 11 is 0. The van der Waals surface area contributed by atoms with Crippen molar-refractivity contribution in [2.45, 2.75) is 126 Å². The van der Waals surface area contributed by atoms with E-state index in [4.69, 9.17) is 10.5 Å². The highest BCUT2D eigenvalue weighted by Gasteiger charge is 2.50. The predicted octanol–water partition coefficient (Wildman–Crippen LogP) is 8.90. The Labute approximate surface area is 471 Å². The summed E-state index contributed by atoms with van der Waals surface area (Å²) in [4.78, 5) is 87.8. The highest BCUT2D eigenvalue weighted by atomic mass is 16.5. The van der Waals surface area contributed by atoms with Crippen molar-refractivity contribution in [1.29, 1.82) is 0 Å². The maximum Gasteiger partial charge on any atom is 0.253 e. The van der Waals surface area contributed by atoms with Crippen molar-refractivity contribution in [3.05, 3.63) is 173 Å². The molecule has 14 nitrogen and oxygen atoms in total. The first kappa shape index (κ1) is 56.0. The minimum atomic E-state index is -0.735. The summed E-state index contributed by atoms with van der Waals surface area (Å²) in [6.07, 6.45) is 13.6. The zero-order chi connectivity index (χ0) is 55.4. The summed E-state index contributed by atoms with van der Waals surface area (Å²) < 4.78 is 5.82. The van der Waals surface area contributed by atoms with E-state index in [1.165, 1.54) is 32.1 Å². The number of nitrogen functional groups attached to an aromatic ring is 1. The highest BCUT2D eigenvalue weighted by Crippen LogP contribution is 2.44. The molecule has 80 heavy (non-hydrogen) atoms. The number of unbranched alkanes of at least 4 members (excludes halogenated alkanes) is 9. The van der Waals surface area contributed by atoms with Gasteiger partial charge in [-0.1, -0.05) is 154 Å². The van der Waals surface area contributed by atoms with Crippen LogP contribution in [0.4, 0.5) is 5.69 Å². The van der Waals surface area contributed by atoms with Gasteiger partial charge in [0.25, 0.3) is 11.8 Å². The zero-order valence-electron chi connectivity index (χ0n) is 46.0. The van der Waals surface area contributed by atoms with E-state index in [0.717, 1.165) is 85.9 Å². The molecule has 2 saturated heterocycles. The molecule has 0 bridgehead atoms. The molecule has 5 aromatic rings. The van der Waals surface area contributed by atoms with E-state index in [1.807, 2.05) is 78.9 Å². The number of hydrogen-bond acceptors (Lipinski definition) is 8. The number of benzene rings is 5. The second-order valence-electron chi connectivity index (χ2n) is 23.1. The fraction of sp³-hybridized carbons (Fsp3) is 0.455. The summed E-state index contributed by atoms with van der Waals surface area (Å²) in [5.41, 5.74) is 11.8. The van der Waals surface area contributed by atoms with Crippen LogP contribution in [-0.4, -0.2) is 103 Å². The molecular formula is C66H79N7O7. The smallest absolute Gasteiger partial charge is 0.253 e. The average molecular weight is 1080 g/mol. The molecule has 0 unspecified atom stereocenters. The number of anilines is 1. The van der Waals surface area contributed by atoms with Crippen LogP contribution in [0.2, 0.25) is 0 Å². The molecule has 10 atom stereocenters. The SMILES string of the molecule is Nc1ccc(COCCCCCCCCCCCCNC(=O)[C@@H]2CN(C(=O)c3ccc(C(=O)N4C[C@@H](C(=O)N[C@H]5C[C@@H]5c5ccccc5)[C@H](C(=O)N[C@H]5C[C@@H]5c5ccccc5)C4)cc3)C[C@H]2C(=O)N[C@H]2C[C@@H]2c2ccccc2)cc1. The van der Waals surface area contributed by atoms with Gasteiger partial charge in [0.1, 0.15) is 0 Å². The van der Waals surface area contributed by atoms with Crippen molar-refractivity contribution in [3.8, 4) is 0 Å². The fourth-order valence-electron chi connectivity index (χ4n) is 12.2. The zero-order valence-corrected chi connectivity index (χ0v) is 46.0. The molecule has 0 spiro atoms. The average Bonchev–Trinajstić information content (AvgIpc) is 4.49. The summed E-state index contributed by atoms with van der Waals surface area (Å²) in [7, 11) is 0. The minimum Gasteiger partial charge on any atom is -0.399 e. The van der Waals surface area contributed by atoms with Gasteiger partial charge in [-0.3, -0.25) is 28.8 Å². The van der Waals surface area contributed by atoms with E-state index in [0.29, 0.717) is 24.3 Å². The molecular weight excluding hydrogens is 1000 g/mol. The molecule has 420 valence electrons. The standard InChI is InChI=1S/C66H79N7O7/c67-50-32-26-44(27-33-50)43-80-35-19-8-6-4-2-1-3-5-7-18-34-68-61(74)54-39-72(40-55(54)62(75)69-58-36-51(58)45-20-12-9-13-21-45)65(78)48-28-30-49(31-29-48)66(79)73-41-56(63(76)70-59-37-52(59)46-22-14-10-15-23-46)57(42-73)64(77)71-60-38-53(60)47-24-16-11-17-25-47/h9-17,20-33,51-60H,1-8,18-19,34-43,67H2,(H,68,74)(H,69,75)(H,70,76)(H,71,77)/t51-,52-,53-,54-,55-,56-,57-,58+,59+,60+/m1/s1. The van der Waals surface area contributed by atoms with Crippen LogP contribution in [0.5, 0.6) is 0 Å². The molecule has 6 amide bonds. The normalized spacial score (nSPS) is 24.4. The number of nitrogens with one attached hydrogen (secondary N) is 4. The van der Waals surface area contributed by atoms with E-state index in [1.54, 1.807) is 34.1 Å². The number of carbonyl (C=O) groups is 6. The van der Waals surface area contributed by atoms with Crippen molar-refractivity contribution in [2.24, 2.45) is 23.7 Å². The molecule has 2 aliphatic heterocycles. The van der Waals surface area contributed by atoms with Crippen LogP contribution < -0.4 is 27.0 Å². The van der Waals surface area contributed by atoms with E-state index < -0.39 is 23.7 Å². The number of likely N-dealkylation sites (tertiary alicyclic amines) is 2. The number of hydrogen-bond donors (Lipinski definition) is 5. The van der Waals surface area contributed by atoms with Gasteiger partial charge >= 0.3 is 0 Å². The van der Waals surface area contributed by atoms with Crippen LogP contribution in [-0.2, 0) is 30.5 Å². The molecule has 0 aromatic heterocycles. The van der Waals surface area contributed by atoms with Crippen molar-refractivity contribution in [3.63, 3.8) is 0 Å². The summed E-state index contributed by atoms with van der Waals surface area (Å²) in [6.45, 7) is 2.24. The summed E-state index contributed by atoms with van der Waals surface area (Å²) in [5, 5.41) is 12.7. The third-order valence-electron chi connectivity index (χ3n) is 17.2. The van der Waals surface area contributed by atoms with E-state index in [-0.39, 0.29) is 97.5 Å². The first-order valence-corrected chi connectivity index (χ1v) is 29.5. The van der Waals surface area contributed by atoms with Crippen LogP contribution in [0, 0.1) is 23.7 Å². The van der Waals surface area contributed by atoms with Crippen LogP contribution >= 0.6 is 0 Å². The summed E-state index contributed by atoms with van der Waals surface area (Å²) in [6, 6.07) is 44.4. The van der Waals surface area contributed by atoms with Crippen LogP contribution in [0.1, 0.15) is 144 Å². The number of rotatable bonds is 27. The van der Waals surface area contributed by atoms with Gasteiger partial charge in [0.15, 0.2) is 0 Å². The molecule has 3 aliphatic carbocycles. The Bertz CT molecular complexity index is 2810. The molecule has 6 N–H and O–H groups in total. The van der Waals surface area contributed by atoms with Gasteiger partial charge in [-0.25, -0.2) is 0 Å². The van der Waals surface area contributed by atoms with Gasteiger partial charge < -0.3 is 41.5 Å². The van der Waals surface area contributed by atoms with Crippen LogP contribution in [0.25, 0.3) is 0 Å². The molecule has 5 aromatic carbocycles. The molecule has 10 rings (SSSR count). The number of nitrogens with two attached hydrogens (primary N) is 1. The second kappa shape index (κ2) is 26.8. The number of nitrogens with zero attached hydrogens (tertiary/aromatic N) is 2. The van der Waals surface area contributed by atoms with Crippen molar-refractivity contribution < 1.29 is 33.5 Å². The predicted molar refractivity (Wildman–Crippen MR) is 309 cm³/mol. The lowest BCUT2D eigenvalue weighted by atomic mass is 9.94. The number of carbonyl (C=O) groups excluding carboxylic acids is 6. The summed E-state index contributed by atoms with van der Waals surface area (Å²) in [5.74, 6) is -3.86. The number of ether oxygens (including phenoxy) is 1. The van der Waals surface area contributed by atoms with Crippen molar-refractivity contribution in [1.82, 2.24) is 31.1 Å². The molecule has 14 heteroatoms. The van der Waals surface area contributed by atoms with Gasteiger partial charge in [0.2, 0.25) is 23.6 Å². The first-order chi connectivity index (χ1) is 39.1. The monoisotopic (exact) mass is 1080 g/mol. The molecule has 5 fully saturated rings. The third-order valence-corrected chi connectivity index (χ3v) is 17.2. The van der Waals surface area contributed by atoms with Crippen LogP contribution in [0.3, 0.4) is 0 Å². The van der Waals surface area contributed by atoms with E-state index in [9.17, 15) is 28.8 Å². The maximum absolute atomic E-state index is 14.3. The number of amides is 6. The maximum atomic E-state index is 14.3. The Morgan fingerprint density at radius 1 is 0.425 bits per heavy atom. The van der Waals surface area contributed by atoms with Gasteiger partial charge in [-0.05, 0) is 90.8 Å². The van der Waals surface area contributed by atoms with E-state index >= 15 is 0 Å². The Kier molecular flexibility index (Phi) is 18.7. The Balaban J connectivity index is 0.701. The highest BCUT2D eigenvalue weighted by molar-refractivity contribution is 6.00. The van der Waals surface area contributed by atoms with E-state index in [2.05, 4.69) is 57.7 Å².